The summed E-state index contributed by atoms with van der Waals surface area (Å²) in [5, 5.41) is 11.9. The molecule has 1 fully saturated rings. The van der Waals surface area contributed by atoms with Crippen LogP contribution in [0.15, 0.2) is 30.3 Å². The standard InChI is InChI=1S/C21H27N5.C2HF3O2/c1-15-10-18-12-17(6-7-20(18)23-15)13-22-14-19-11-16(2)24-21(25-19)26-8-4-3-5-9-26;3-2(4,5)1(6)7/h6-7,10-12,22-23H,3-5,8-9,13-14H2,1-2H3;(H,6,7). The van der Waals surface area contributed by atoms with Gasteiger partial charge in [0, 0.05) is 43.1 Å². The van der Waals surface area contributed by atoms with Crippen molar-refractivity contribution in [3.05, 3.63) is 53.0 Å². The number of carboxylic acid groups (broad SMARTS) is 1. The second-order valence-corrected chi connectivity index (χ2v) is 8.13. The minimum absolute atomic E-state index is 0.758. The third kappa shape index (κ3) is 7.18. The molecule has 0 radical (unpaired) electrons. The molecule has 178 valence electrons. The van der Waals surface area contributed by atoms with Crippen LogP contribution in [0.3, 0.4) is 0 Å². The van der Waals surface area contributed by atoms with Crippen LogP contribution in [0.25, 0.3) is 10.9 Å². The molecule has 0 aliphatic carbocycles. The van der Waals surface area contributed by atoms with E-state index in [4.69, 9.17) is 14.9 Å². The molecule has 0 unspecified atom stereocenters. The van der Waals surface area contributed by atoms with Gasteiger partial charge < -0.3 is 20.3 Å². The number of aromatic nitrogens is 3. The lowest BCUT2D eigenvalue weighted by atomic mass is 10.1. The van der Waals surface area contributed by atoms with Crippen molar-refractivity contribution in [1.82, 2.24) is 20.3 Å². The number of hydrogen-bond acceptors (Lipinski definition) is 5. The summed E-state index contributed by atoms with van der Waals surface area (Å²) < 4.78 is 31.7. The summed E-state index contributed by atoms with van der Waals surface area (Å²) in [5.41, 5.74) is 5.80. The largest absolute Gasteiger partial charge is 0.490 e. The van der Waals surface area contributed by atoms with Gasteiger partial charge in [0.15, 0.2) is 0 Å². The molecule has 1 saturated heterocycles. The van der Waals surface area contributed by atoms with Crippen molar-refractivity contribution in [2.75, 3.05) is 18.0 Å². The molecular formula is C23H28F3N5O2. The van der Waals surface area contributed by atoms with Gasteiger partial charge in [0.25, 0.3) is 0 Å². The highest BCUT2D eigenvalue weighted by molar-refractivity contribution is 5.81. The molecule has 3 N–H and O–H groups in total. The average Bonchev–Trinajstić information content (AvgIpc) is 3.13. The van der Waals surface area contributed by atoms with Crippen molar-refractivity contribution in [3.63, 3.8) is 0 Å². The number of anilines is 1. The van der Waals surface area contributed by atoms with E-state index in [0.717, 1.165) is 43.5 Å². The molecule has 10 heteroatoms. The van der Waals surface area contributed by atoms with E-state index >= 15 is 0 Å². The summed E-state index contributed by atoms with van der Waals surface area (Å²) in [6.45, 7) is 7.89. The highest BCUT2D eigenvalue weighted by atomic mass is 19.4. The number of aryl methyl sites for hydroxylation is 2. The molecule has 33 heavy (non-hydrogen) atoms. The summed E-state index contributed by atoms with van der Waals surface area (Å²) in [6.07, 6.45) is -1.28. The van der Waals surface area contributed by atoms with Crippen molar-refractivity contribution < 1.29 is 23.1 Å². The highest BCUT2D eigenvalue weighted by Crippen LogP contribution is 2.18. The Morgan fingerprint density at radius 1 is 1.09 bits per heavy atom. The Morgan fingerprint density at radius 2 is 1.79 bits per heavy atom. The first kappa shape index (κ1) is 24.5. The lowest BCUT2D eigenvalue weighted by Crippen LogP contribution is -2.31. The molecule has 1 aliphatic rings. The van der Waals surface area contributed by atoms with Gasteiger partial charge in [0.1, 0.15) is 0 Å². The molecule has 0 saturated carbocycles. The minimum Gasteiger partial charge on any atom is -0.475 e. The van der Waals surface area contributed by atoms with Gasteiger partial charge in [0.05, 0.1) is 5.69 Å². The van der Waals surface area contributed by atoms with E-state index in [2.05, 4.69) is 64.4 Å². The summed E-state index contributed by atoms with van der Waals surface area (Å²) in [4.78, 5) is 24.0. The number of piperidine rings is 1. The molecule has 1 aromatic carbocycles. The van der Waals surface area contributed by atoms with Gasteiger partial charge in [-0.3, -0.25) is 0 Å². The van der Waals surface area contributed by atoms with Crippen LogP contribution in [-0.2, 0) is 17.9 Å². The molecule has 4 rings (SSSR count). The van der Waals surface area contributed by atoms with E-state index in [9.17, 15) is 13.2 Å². The van der Waals surface area contributed by atoms with Gasteiger partial charge in [-0.2, -0.15) is 13.2 Å². The number of H-pyrrole nitrogens is 1. The lowest BCUT2D eigenvalue weighted by Gasteiger charge is -2.27. The summed E-state index contributed by atoms with van der Waals surface area (Å²) in [7, 11) is 0. The molecule has 7 nitrogen and oxygen atoms in total. The summed E-state index contributed by atoms with van der Waals surface area (Å²) in [5.74, 6) is -1.86. The van der Waals surface area contributed by atoms with E-state index in [1.165, 1.54) is 41.4 Å². The first-order valence-corrected chi connectivity index (χ1v) is 10.8. The van der Waals surface area contributed by atoms with E-state index in [1.807, 2.05) is 0 Å². The number of hydrogen-bond donors (Lipinski definition) is 3. The molecule has 2 aromatic heterocycles. The van der Waals surface area contributed by atoms with Gasteiger partial charge in [-0.15, -0.1) is 0 Å². The Morgan fingerprint density at radius 3 is 2.45 bits per heavy atom. The number of halogens is 3. The highest BCUT2D eigenvalue weighted by Gasteiger charge is 2.38. The van der Waals surface area contributed by atoms with Crippen molar-refractivity contribution in [2.45, 2.75) is 52.4 Å². The van der Waals surface area contributed by atoms with Crippen LogP contribution in [-0.4, -0.2) is 45.3 Å². The van der Waals surface area contributed by atoms with Crippen LogP contribution < -0.4 is 10.2 Å². The third-order valence-electron chi connectivity index (χ3n) is 5.23. The molecular weight excluding hydrogens is 435 g/mol. The number of aliphatic carboxylic acids is 1. The Kier molecular flexibility index (Phi) is 7.91. The van der Waals surface area contributed by atoms with Gasteiger partial charge in [0.2, 0.25) is 5.95 Å². The van der Waals surface area contributed by atoms with E-state index in [-0.39, 0.29) is 0 Å². The molecule has 3 heterocycles. The zero-order valence-electron chi connectivity index (χ0n) is 18.7. The van der Waals surface area contributed by atoms with Gasteiger partial charge in [-0.1, -0.05) is 6.07 Å². The van der Waals surface area contributed by atoms with Crippen molar-refractivity contribution in [3.8, 4) is 0 Å². The average molecular weight is 464 g/mol. The van der Waals surface area contributed by atoms with Gasteiger partial charge in [-0.25, -0.2) is 14.8 Å². The predicted molar refractivity (Wildman–Crippen MR) is 120 cm³/mol. The van der Waals surface area contributed by atoms with Crippen LogP contribution in [0.1, 0.15) is 41.9 Å². The predicted octanol–water partition coefficient (Wildman–Crippen LogP) is 4.49. The number of nitrogens with zero attached hydrogens (tertiary/aromatic N) is 3. The number of carboxylic acids is 1. The fourth-order valence-corrected chi connectivity index (χ4v) is 3.71. The fraction of sp³-hybridized carbons (Fsp3) is 0.435. The number of carbonyl (C=O) groups is 1. The number of alkyl halides is 3. The zero-order chi connectivity index (χ0) is 24.0. The first-order valence-electron chi connectivity index (χ1n) is 10.8. The van der Waals surface area contributed by atoms with E-state index < -0.39 is 12.1 Å². The summed E-state index contributed by atoms with van der Waals surface area (Å²) >= 11 is 0. The maximum absolute atomic E-state index is 10.6. The SMILES string of the molecule is Cc1cc(CNCc2ccc3[nH]c(C)cc3c2)nc(N2CCCCC2)n1.O=C(O)C(F)(F)F. The molecule has 0 amide bonds. The zero-order valence-corrected chi connectivity index (χ0v) is 18.7. The lowest BCUT2D eigenvalue weighted by molar-refractivity contribution is -0.192. The van der Waals surface area contributed by atoms with Crippen molar-refractivity contribution in [1.29, 1.82) is 0 Å². The molecule has 0 bridgehead atoms. The van der Waals surface area contributed by atoms with E-state index in [1.54, 1.807) is 0 Å². The number of rotatable bonds is 5. The Balaban J connectivity index is 0.000000383. The Hall–Kier alpha value is -3.14. The van der Waals surface area contributed by atoms with E-state index in [0.29, 0.717) is 0 Å². The molecule has 0 atom stereocenters. The van der Waals surface area contributed by atoms with Crippen LogP contribution in [0.5, 0.6) is 0 Å². The maximum atomic E-state index is 10.6. The molecule has 1 aliphatic heterocycles. The number of nitrogens with one attached hydrogen (secondary N) is 2. The number of fused-ring (bicyclic) bond motifs is 1. The van der Waals surface area contributed by atoms with Crippen LogP contribution in [0.2, 0.25) is 0 Å². The number of benzene rings is 1. The fourth-order valence-electron chi connectivity index (χ4n) is 3.71. The third-order valence-corrected chi connectivity index (χ3v) is 5.23. The molecule has 0 spiro atoms. The first-order chi connectivity index (χ1) is 15.6. The number of aromatic amines is 1. The van der Waals surface area contributed by atoms with Gasteiger partial charge >= 0.3 is 12.1 Å². The quantitative estimate of drug-likeness (QED) is 0.516. The maximum Gasteiger partial charge on any atom is 0.490 e. The van der Waals surface area contributed by atoms with Gasteiger partial charge in [-0.05, 0) is 68.3 Å². The van der Waals surface area contributed by atoms with Crippen LogP contribution in [0, 0.1) is 13.8 Å². The monoisotopic (exact) mass is 463 g/mol. The second-order valence-electron chi connectivity index (χ2n) is 8.13. The topological polar surface area (TPSA) is 94.1 Å². The second kappa shape index (κ2) is 10.7. The van der Waals surface area contributed by atoms with Crippen molar-refractivity contribution >= 4 is 22.8 Å². The Labute approximate surface area is 190 Å². The normalized spacial score (nSPS) is 14.2. The van der Waals surface area contributed by atoms with Crippen LogP contribution >= 0.6 is 0 Å². The Bertz CT molecular complexity index is 1090. The van der Waals surface area contributed by atoms with Crippen molar-refractivity contribution in [2.24, 2.45) is 0 Å². The van der Waals surface area contributed by atoms with Crippen LogP contribution in [0.4, 0.5) is 19.1 Å². The molecule has 3 aromatic rings. The smallest absolute Gasteiger partial charge is 0.475 e. The minimum atomic E-state index is -5.08. The summed E-state index contributed by atoms with van der Waals surface area (Å²) in [6, 6.07) is 10.9.